The van der Waals surface area contributed by atoms with Crippen molar-refractivity contribution in [2.45, 2.75) is 20.3 Å². The van der Waals surface area contributed by atoms with Crippen LogP contribution in [0.15, 0.2) is 42.5 Å². The second-order valence-corrected chi connectivity index (χ2v) is 5.21. The molecule has 0 aliphatic carbocycles. The van der Waals surface area contributed by atoms with Crippen molar-refractivity contribution in [3.05, 3.63) is 48.0 Å². The fourth-order valence-electron chi connectivity index (χ4n) is 2.53. The number of rotatable bonds is 8. The first kappa shape index (κ1) is 15.0. The third kappa shape index (κ3) is 4.32. The highest BCUT2D eigenvalue weighted by atomic mass is 15.1. The van der Waals surface area contributed by atoms with Crippen LogP contribution in [0.5, 0.6) is 0 Å². The second-order valence-electron chi connectivity index (χ2n) is 5.21. The lowest BCUT2D eigenvalue weighted by Crippen LogP contribution is -2.32. The van der Waals surface area contributed by atoms with Gasteiger partial charge in [-0.15, -0.1) is 0 Å². The Morgan fingerprint density at radius 2 is 1.65 bits per heavy atom. The molecule has 1 N–H and O–H groups in total. The van der Waals surface area contributed by atoms with Gasteiger partial charge in [-0.1, -0.05) is 56.3 Å². The van der Waals surface area contributed by atoms with Gasteiger partial charge in [0.1, 0.15) is 0 Å². The van der Waals surface area contributed by atoms with Crippen molar-refractivity contribution < 1.29 is 0 Å². The Morgan fingerprint density at radius 3 is 2.40 bits per heavy atom. The van der Waals surface area contributed by atoms with Gasteiger partial charge in [0.25, 0.3) is 0 Å². The van der Waals surface area contributed by atoms with Crippen LogP contribution in [-0.4, -0.2) is 37.6 Å². The minimum Gasteiger partial charge on any atom is -0.315 e. The molecular weight excluding hydrogens is 244 g/mol. The van der Waals surface area contributed by atoms with Crippen molar-refractivity contribution in [2.75, 3.05) is 32.7 Å². The van der Waals surface area contributed by atoms with Gasteiger partial charge in [0, 0.05) is 13.1 Å². The third-order valence-corrected chi connectivity index (χ3v) is 3.90. The number of hydrogen-bond acceptors (Lipinski definition) is 2. The molecule has 0 aliphatic rings. The van der Waals surface area contributed by atoms with Gasteiger partial charge in [-0.05, 0) is 42.4 Å². The molecule has 0 aliphatic heterocycles. The van der Waals surface area contributed by atoms with Gasteiger partial charge in [-0.25, -0.2) is 0 Å². The summed E-state index contributed by atoms with van der Waals surface area (Å²) in [5.41, 5.74) is 1.42. The van der Waals surface area contributed by atoms with Crippen LogP contribution in [0.25, 0.3) is 10.8 Å². The van der Waals surface area contributed by atoms with Gasteiger partial charge in [0.05, 0.1) is 0 Å². The maximum atomic E-state index is 3.54. The molecule has 0 unspecified atom stereocenters. The number of nitrogens with zero attached hydrogens (tertiary/aromatic N) is 1. The molecular formula is C18H26N2. The number of nitrogens with one attached hydrogen (secondary N) is 1. The molecule has 2 heteroatoms. The van der Waals surface area contributed by atoms with E-state index in [4.69, 9.17) is 0 Å². The fourth-order valence-corrected chi connectivity index (χ4v) is 2.53. The fraction of sp³-hybridized carbons (Fsp3) is 0.444. The van der Waals surface area contributed by atoms with E-state index in [0.717, 1.165) is 39.1 Å². The van der Waals surface area contributed by atoms with Crippen molar-refractivity contribution in [3.8, 4) is 0 Å². The van der Waals surface area contributed by atoms with Crippen LogP contribution in [0.2, 0.25) is 0 Å². The largest absolute Gasteiger partial charge is 0.315 e. The Morgan fingerprint density at radius 1 is 0.900 bits per heavy atom. The van der Waals surface area contributed by atoms with Crippen molar-refractivity contribution in [2.24, 2.45) is 0 Å². The van der Waals surface area contributed by atoms with Crippen LogP contribution in [0.1, 0.15) is 19.4 Å². The maximum absolute atomic E-state index is 3.54. The van der Waals surface area contributed by atoms with E-state index >= 15 is 0 Å². The van der Waals surface area contributed by atoms with Crippen LogP contribution < -0.4 is 5.32 Å². The second kappa shape index (κ2) is 8.03. The molecule has 108 valence electrons. The van der Waals surface area contributed by atoms with Crippen LogP contribution in [-0.2, 0) is 6.42 Å². The van der Waals surface area contributed by atoms with Crippen molar-refractivity contribution >= 4 is 10.8 Å². The molecule has 20 heavy (non-hydrogen) atoms. The van der Waals surface area contributed by atoms with Crippen molar-refractivity contribution in [1.29, 1.82) is 0 Å². The molecule has 2 rings (SSSR count). The van der Waals surface area contributed by atoms with Gasteiger partial charge in [-0.2, -0.15) is 0 Å². The molecule has 0 saturated heterocycles. The minimum atomic E-state index is 1.06. The predicted molar refractivity (Wildman–Crippen MR) is 88.3 cm³/mol. The maximum Gasteiger partial charge on any atom is 0.0107 e. The first-order valence-electron chi connectivity index (χ1n) is 7.74. The number of likely N-dealkylation sites (N-methyl/N-ethyl adjacent to an activating group) is 1. The van der Waals surface area contributed by atoms with E-state index in [2.05, 4.69) is 66.5 Å². The summed E-state index contributed by atoms with van der Waals surface area (Å²) in [5, 5.41) is 6.21. The van der Waals surface area contributed by atoms with Crippen LogP contribution >= 0.6 is 0 Å². The van der Waals surface area contributed by atoms with E-state index in [9.17, 15) is 0 Å². The first-order chi connectivity index (χ1) is 9.83. The highest BCUT2D eigenvalue weighted by molar-refractivity contribution is 5.82. The molecule has 0 bridgehead atoms. The van der Waals surface area contributed by atoms with E-state index in [-0.39, 0.29) is 0 Å². The van der Waals surface area contributed by atoms with Crippen LogP contribution in [0.4, 0.5) is 0 Å². The zero-order valence-electron chi connectivity index (χ0n) is 12.7. The average Bonchev–Trinajstić information content (AvgIpc) is 2.51. The van der Waals surface area contributed by atoms with Gasteiger partial charge < -0.3 is 10.2 Å². The highest BCUT2D eigenvalue weighted by Crippen LogP contribution is 2.15. The summed E-state index contributed by atoms with van der Waals surface area (Å²) in [6.07, 6.45) is 1.10. The zero-order valence-corrected chi connectivity index (χ0v) is 12.7. The average molecular weight is 270 g/mol. The molecule has 0 heterocycles. The van der Waals surface area contributed by atoms with Crippen LogP contribution in [0.3, 0.4) is 0 Å². The van der Waals surface area contributed by atoms with E-state index < -0.39 is 0 Å². The zero-order chi connectivity index (χ0) is 14.2. The predicted octanol–water partition coefficient (Wildman–Crippen LogP) is 3.31. The Labute approximate surface area is 122 Å². The standard InChI is InChI=1S/C18H26N2/c1-3-20(4-2)14-13-19-12-11-16-9-10-17-7-5-6-8-18(17)15-16/h5-10,15,19H,3-4,11-14H2,1-2H3. The number of benzene rings is 2. The molecule has 2 nitrogen and oxygen atoms in total. The third-order valence-electron chi connectivity index (χ3n) is 3.90. The lowest BCUT2D eigenvalue weighted by Gasteiger charge is -2.18. The van der Waals surface area contributed by atoms with Gasteiger partial charge in [-0.3, -0.25) is 0 Å². The molecule has 0 aromatic heterocycles. The smallest absolute Gasteiger partial charge is 0.0107 e. The molecule has 2 aromatic rings. The molecule has 0 spiro atoms. The van der Waals surface area contributed by atoms with E-state index in [1.54, 1.807) is 0 Å². The van der Waals surface area contributed by atoms with E-state index in [1.807, 2.05) is 0 Å². The summed E-state index contributed by atoms with van der Waals surface area (Å²) in [5.74, 6) is 0. The molecule has 2 aromatic carbocycles. The summed E-state index contributed by atoms with van der Waals surface area (Å²) in [6, 6.07) is 15.3. The number of fused-ring (bicyclic) bond motifs is 1. The summed E-state index contributed by atoms with van der Waals surface area (Å²) in [6.45, 7) is 10.0. The monoisotopic (exact) mass is 270 g/mol. The normalized spacial score (nSPS) is 11.3. The Balaban J connectivity index is 1.75. The van der Waals surface area contributed by atoms with Crippen molar-refractivity contribution in [1.82, 2.24) is 10.2 Å². The van der Waals surface area contributed by atoms with Crippen LogP contribution in [0, 0.1) is 0 Å². The first-order valence-corrected chi connectivity index (χ1v) is 7.74. The van der Waals surface area contributed by atoms with Gasteiger partial charge in [0.15, 0.2) is 0 Å². The molecule has 0 amide bonds. The Bertz CT molecular complexity index is 518. The SMILES string of the molecule is CCN(CC)CCNCCc1ccc2ccccc2c1. The molecule has 0 radical (unpaired) electrons. The Kier molecular flexibility index (Phi) is 6.03. The number of hydrogen-bond donors (Lipinski definition) is 1. The topological polar surface area (TPSA) is 15.3 Å². The summed E-state index contributed by atoms with van der Waals surface area (Å²) < 4.78 is 0. The quantitative estimate of drug-likeness (QED) is 0.740. The molecule has 0 fully saturated rings. The summed E-state index contributed by atoms with van der Waals surface area (Å²) >= 11 is 0. The Hall–Kier alpha value is -1.38. The van der Waals surface area contributed by atoms with E-state index in [0.29, 0.717) is 0 Å². The minimum absolute atomic E-state index is 1.06. The molecule has 0 saturated carbocycles. The highest BCUT2D eigenvalue weighted by Gasteiger charge is 1.99. The van der Waals surface area contributed by atoms with E-state index in [1.165, 1.54) is 16.3 Å². The summed E-state index contributed by atoms with van der Waals surface area (Å²) in [4.78, 5) is 2.45. The van der Waals surface area contributed by atoms with Gasteiger partial charge >= 0.3 is 0 Å². The van der Waals surface area contributed by atoms with Gasteiger partial charge in [0.2, 0.25) is 0 Å². The molecule has 0 atom stereocenters. The van der Waals surface area contributed by atoms with Crippen molar-refractivity contribution in [3.63, 3.8) is 0 Å². The lowest BCUT2D eigenvalue weighted by atomic mass is 10.1. The lowest BCUT2D eigenvalue weighted by molar-refractivity contribution is 0.303. The summed E-state index contributed by atoms with van der Waals surface area (Å²) in [7, 11) is 0.